The lowest BCUT2D eigenvalue weighted by molar-refractivity contribution is -0.0679. The van der Waals surface area contributed by atoms with E-state index in [1.807, 2.05) is 6.08 Å². The van der Waals surface area contributed by atoms with E-state index in [0.29, 0.717) is 12.2 Å². The van der Waals surface area contributed by atoms with Gasteiger partial charge in [-0.1, -0.05) is 6.08 Å². The van der Waals surface area contributed by atoms with Gasteiger partial charge in [-0.15, -0.1) is 6.58 Å². The number of nitrogens with one attached hydrogen (secondary N) is 2. The van der Waals surface area contributed by atoms with Crippen molar-refractivity contribution >= 4 is 5.96 Å². The zero-order valence-electron chi connectivity index (χ0n) is 12.5. The summed E-state index contributed by atoms with van der Waals surface area (Å²) in [5.74, 6) is 0.837. The molecule has 5 heteroatoms. The molecule has 1 saturated heterocycles. The molecule has 0 amide bonds. The van der Waals surface area contributed by atoms with Gasteiger partial charge in [0.2, 0.25) is 0 Å². The average Bonchev–Trinajstić information content (AvgIpc) is 2.37. The summed E-state index contributed by atoms with van der Waals surface area (Å²) in [5, 5.41) is 6.46. The summed E-state index contributed by atoms with van der Waals surface area (Å²) in [6.07, 6.45) is 3.62. The molecule has 1 heterocycles. The summed E-state index contributed by atoms with van der Waals surface area (Å²) < 4.78 is 5.73. The number of ether oxygens (including phenoxy) is 1. The van der Waals surface area contributed by atoms with Gasteiger partial charge in [0.15, 0.2) is 5.96 Å². The third kappa shape index (κ3) is 6.59. The fourth-order valence-electron chi connectivity index (χ4n) is 2.37. The first-order valence-electron chi connectivity index (χ1n) is 7.09. The largest absolute Gasteiger partial charge is 0.373 e. The maximum absolute atomic E-state index is 5.73. The van der Waals surface area contributed by atoms with Crippen LogP contribution in [0.4, 0.5) is 0 Å². The third-order valence-electron chi connectivity index (χ3n) is 3.08. The van der Waals surface area contributed by atoms with Gasteiger partial charge in [-0.2, -0.15) is 0 Å². The highest BCUT2D eigenvalue weighted by Gasteiger charge is 2.21. The summed E-state index contributed by atoms with van der Waals surface area (Å²) in [5.41, 5.74) is 0. The molecule has 2 N–H and O–H groups in total. The van der Waals surface area contributed by atoms with Gasteiger partial charge in [0.05, 0.1) is 12.2 Å². The Bertz CT molecular complexity index is 283. The molecule has 19 heavy (non-hydrogen) atoms. The second-order valence-corrected chi connectivity index (χ2v) is 5.04. The number of guanidine groups is 1. The fraction of sp³-hybridized carbons (Fsp3) is 0.786. The van der Waals surface area contributed by atoms with Gasteiger partial charge in [-0.25, -0.2) is 0 Å². The van der Waals surface area contributed by atoms with Gasteiger partial charge in [-0.05, 0) is 20.3 Å². The number of morpholine rings is 1. The Kier molecular flexibility index (Phi) is 7.52. The normalized spacial score (nSPS) is 25.1. The molecule has 0 aromatic rings. The standard InChI is InChI=1S/C14H28N4O/c1-5-7-16-14(15-4)17-8-6-9-18-10-12(2)19-13(3)11-18/h5,12-13H,1,6-11H2,2-4H3,(H2,15,16,17). The summed E-state index contributed by atoms with van der Waals surface area (Å²) in [6.45, 7) is 12.8. The number of aliphatic imine (C=N–C) groups is 1. The minimum absolute atomic E-state index is 0.346. The van der Waals surface area contributed by atoms with Crippen LogP contribution in [-0.2, 0) is 4.74 Å². The molecule has 0 aliphatic carbocycles. The molecule has 110 valence electrons. The maximum Gasteiger partial charge on any atom is 0.191 e. The molecule has 0 aromatic carbocycles. The van der Waals surface area contributed by atoms with Crippen molar-refractivity contribution in [2.45, 2.75) is 32.5 Å². The van der Waals surface area contributed by atoms with E-state index in [1.54, 1.807) is 7.05 Å². The second-order valence-electron chi connectivity index (χ2n) is 5.04. The van der Waals surface area contributed by atoms with Crippen LogP contribution in [-0.4, -0.2) is 62.8 Å². The van der Waals surface area contributed by atoms with E-state index in [2.05, 4.69) is 41.0 Å². The van der Waals surface area contributed by atoms with Crippen LogP contribution in [0.1, 0.15) is 20.3 Å². The number of hydrogen-bond acceptors (Lipinski definition) is 3. The third-order valence-corrected chi connectivity index (χ3v) is 3.08. The quantitative estimate of drug-likeness (QED) is 0.324. The zero-order valence-corrected chi connectivity index (χ0v) is 12.5. The number of nitrogens with zero attached hydrogens (tertiary/aromatic N) is 2. The molecule has 0 bridgehead atoms. The van der Waals surface area contributed by atoms with Crippen molar-refractivity contribution < 1.29 is 4.74 Å². The van der Waals surface area contributed by atoms with E-state index in [4.69, 9.17) is 4.74 Å². The lowest BCUT2D eigenvalue weighted by atomic mass is 10.2. The van der Waals surface area contributed by atoms with Crippen LogP contribution < -0.4 is 10.6 Å². The summed E-state index contributed by atoms with van der Waals surface area (Å²) >= 11 is 0. The Hall–Kier alpha value is -1.07. The Morgan fingerprint density at radius 3 is 2.63 bits per heavy atom. The zero-order chi connectivity index (χ0) is 14.1. The van der Waals surface area contributed by atoms with Crippen LogP contribution >= 0.6 is 0 Å². The molecule has 1 aliphatic heterocycles. The van der Waals surface area contributed by atoms with Gasteiger partial charge in [0, 0.05) is 39.8 Å². The molecule has 0 spiro atoms. The number of rotatable bonds is 6. The van der Waals surface area contributed by atoms with Crippen LogP contribution in [0.3, 0.4) is 0 Å². The fourth-order valence-corrected chi connectivity index (χ4v) is 2.37. The molecule has 1 aliphatic rings. The predicted octanol–water partition coefficient (Wildman–Crippen LogP) is 0.837. The summed E-state index contributed by atoms with van der Waals surface area (Å²) in [7, 11) is 1.78. The first-order chi connectivity index (χ1) is 9.15. The Morgan fingerprint density at radius 1 is 1.37 bits per heavy atom. The van der Waals surface area contributed by atoms with E-state index < -0.39 is 0 Å². The summed E-state index contributed by atoms with van der Waals surface area (Å²) in [6, 6.07) is 0. The van der Waals surface area contributed by atoms with Crippen LogP contribution in [0, 0.1) is 0 Å². The SMILES string of the molecule is C=CCNC(=NC)NCCCN1CC(C)OC(C)C1. The van der Waals surface area contributed by atoms with Crippen molar-refractivity contribution in [1.82, 2.24) is 15.5 Å². The first kappa shape index (κ1) is 16.0. The Balaban J connectivity index is 2.14. The molecule has 2 atom stereocenters. The van der Waals surface area contributed by atoms with Crippen molar-refractivity contribution in [2.24, 2.45) is 4.99 Å². The molecular formula is C14H28N4O. The smallest absolute Gasteiger partial charge is 0.191 e. The van der Waals surface area contributed by atoms with Crippen LogP contribution in [0.25, 0.3) is 0 Å². The molecule has 0 radical (unpaired) electrons. The maximum atomic E-state index is 5.73. The molecule has 2 unspecified atom stereocenters. The van der Waals surface area contributed by atoms with E-state index >= 15 is 0 Å². The van der Waals surface area contributed by atoms with Gasteiger partial charge in [0.25, 0.3) is 0 Å². The molecule has 0 aromatic heterocycles. The Labute approximate surface area is 117 Å². The van der Waals surface area contributed by atoms with Crippen LogP contribution in [0.5, 0.6) is 0 Å². The Morgan fingerprint density at radius 2 is 2.05 bits per heavy atom. The summed E-state index contributed by atoms with van der Waals surface area (Å²) in [4.78, 5) is 6.62. The minimum Gasteiger partial charge on any atom is -0.373 e. The van der Waals surface area contributed by atoms with E-state index in [-0.39, 0.29) is 0 Å². The minimum atomic E-state index is 0.346. The second kappa shape index (κ2) is 8.93. The molecule has 0 saturated carbocycles. The van der Waals surface area contributed by atoms with E-state index in [1.165, 1.54) is 0 Å². The van der Waals surface area contributed by atoms with Gasteiger partial charge in [0.1, 0.15) is 0 Å². The van der Waals surface area contributed by atoms with Crippen molar-refractivity contribution in [3.63, 3.8) is 0 Å². The highest BCUT2D eigenvalue weighted by molar-refractivity contribution is 5.79. The lowest BCUT2D eigenvalue weighted by Crippen LogP contribution is -2.46. The first-order valence-corrected chi connectivity index (χ1v) is 7.09. The van der Waals surface area contributed by atoms with Crippen molar-refractivity contribution in [2.75, 3.05) is 39.8 Å². The monoisotopic (exact) mass is 268 g/mol. The van der Waals surface area contributed by atoms with E-state index in [0.717, 1.165) is 45.1 Å². The predicted molar refractivity (Wildman–Crippen MR) is 80.6 cm³/mol. The highest BCUT2D eigenvalue weighted by atomic mass is 16.5. The van der Waals surface area contributed by atoms with Gasteiger partial charge < -0.3 is 15.4 Å². The van der Waals surface area contributed by atoms with Crippen molar-refractivity contribution in [1.29, 1.82) is 0 Å². The molecule has 5 nitrogen and oxygen atoms in total. The molecule has 1 fully saturated rings. The topological polar surface area (TPSA) is 48.9 Å². The van der Waals surface area contributed by atoms with Gasteiger partial charge in [-0.3, -0.25) is 9.89 Å². The number of hydrogen-bond donors (Lipinski definition) is 2. The van der Waals surface area contributed by atoms with E-state index in [9.17, 15) is 0 Å². The van der Waals surface area contributed by atoms with Gasteiger partial charge >= 0.3 is 0 Å². The molecule has 1 rings (SSSR count). The highest BCUT2D eigenvalue weighted by Crippen LogP contribution is 2.10. The van der Waals surface area contributed by atoms with Crippen molar-refractivity contribution in [3.05, 3.63) is 12.7 Å². The average molecular weight is 268 g/mol. The van der Waals surface area contributed by atoms with Crippen LogP contribution in [0.15, 0.2) is 17.6 Å². The van der Waals surface area contributed by atoms with Crippen molar-refractivity contribution in [3.8, 4) is 0 Å². The van der Waals surface area contributed by atoms with Crippen LogP contribution in [0.2, 0.25) is 0 Å². The lowest BCUT2D eigenvalue weighted by Gasteiger charge is -2.35. The molecular weight excluding hydrogens is 240 g/mol.